The third-order valence-electron chi connectivity index (χ3n) is 5.15. The second kappa shape index (κ2) is 11.6. The predicted octanol–water partition coefficient (Wildman–Crippen LogP) is 3.81. The molecule has 0 spiro atoms. The quantitative estimate of drug-likeness (QED) is 0.314. The van der Waals surface area contributed by atoms with Crippen molar-refractivity contribution in [1.29, 1.82) is 0 Å². The predicted molar refractivity (Wildman–Crippen MR) is 134 cm³/mol. The molecule has 1 aliphatic rings. The SMILES string of the molecule is COC(=O)c1ccc(NC(=O)C(N)=CC2=N/C(c3ccc(OC)c(OC)c3)=C\C=C/CC2)c(O)c1. The Morgan fingerprint density at radius 1 is 1.09 bits per heavy atom. The molecule has 3 rings (SSSR count). The molecule has 0 fully saturated rings. The second-order valence-corrected chi connectivity index (χ2v) is 7.47. The van der Waals surface area contributed by atoms with Crippen molar-refractivity contribution in [2.45, 2.75) is 12.8 Å². The van der Waals surface area contributed by atoms with E-state index in [0.717, 1.165) is 12.0 Å². The van der Waals surface area contributed by atoms with Gasteiger partial charge >= 0.3 is 5.97 Å². The van der Waals surface area contributed by atoms with Gasteiger partial charge < -0.3 is 30.4 Å². The number of allylic oxidation sites excluding steroid dienone is 4. The number of hydrogen-bond donors (Lipinski definition) is 3. The fourth-order valence-corrected chi connectivity index (χ4v) is 3.32. The lowest BCUT2D eigenvalue weighted by Crippen LogP contribution is -2.21. The highest BCUT2D eigenvalue weighted by Crippen LogP contribution is 2.31. The maximum Gasteiger partial charge on any atom is 0.337 e. The normalized spacial score (nSPS) is 16.0. The first-order chi connectivity index (χ1) is 16.9. The van der Waals surface area contributed by atoms with E-state index in [1.54, 1.807) is 20.3 Å². The number of carbonyl (C=O) groups excluding carboxylic acids is 2. The Hall–Kier alpha value is -4.53. The van der Waals surface area contributed by atoms with Gasteiger partial charge in [-0.2, -0.15) is 0 Å². The van der Waals surface area contributed by atoms with E-state index in [1.165, 1.54) is 31.4 Å². The van der Waals surface area contributed by atoms with Crippen molar-refractivity contribution in [1.82, 2.24) is 0 Å². The van der Waals surface area contributed by atoms with Crippen LogP contribution in [0.15, 0.2) is 71.4 Å². The van der Waals surface area contributed by atoms with Crippen LogP contribution in [-0.4, -0.2) is 44.0 Å². The van der Waals surface area contributed by atoms with Gasteiger partial charge in [-0.05, 0) is 61.4 Å². The van der Waals surface area contributed by atoms with Gasteiger partial charge in [-0.3, -0.25) is 9.79 Å². The number of hydrogen-bond acceptors (Lipinski definition) is 8. The van der Waals surface area contributed by atoms with Gasteiger partial charge in [0.2, 0.25) is 0 Å². The van der Waals surface area contributed by atoms with Crippen molar-refractivity contribution in [3.8, 4) is 17.2 Å². The van der Waals surface area contributed by atoms with Crippen LogP contribution >= 0.6 is 0 Å². The summed E-state index contributed by atoms with van der Waals surface area (Å²) in [5.41, 5.74) is 8.28. The molecule has 2 aromatic carbocycles. The molecule has 0 unspecified atom stereocenters. The third-order valence-corrected chi connectivity index (χ3v) is 5.15. The van der Waals surface area contributed by atoms with Crippen molar-refractivity contribution in [2.75, 3.05) is 26.6 Å². The standard InChI is InChI=1S/C26H27N3O6/c1-33-23-12-10-16(14-24(23)34-2)20-8-6-4-5-7-18(28-20)15-19(27)25(31)29-21-11-9-17(13-22(21)30)26(32)35-3/h4,6,8-15,30H,5,7,27H2,1-3H3,(H,29,31)/b6-4-,19-15?,20-8-,28-18?. The first-order valence-electron chi connectivity index (χ1n) is 10.7. The van der Waals surface area contributed by atoms with Crippen molar-refractivity contribution in [3.05, 3.63) is 77.5 Å². The van der Waals surface area contributed by atoms with Gasteiger partial charge in [-0.25, -0.2) is 4.79 Å². The number of carbonyl (C=O) groups is 2. The average Bonchev–Trinajstić information content (AvgIpc) is 2.85. The molecule has 1 heterocycles. The molecule has 0 saturated heterocycles. The number of aliphatic imine (C=N–C) groups is 1. The molecule has 0 aromatic heterocycles. The van der Waals surface area contributed by atoms with E-state index in [9.17, 15) is 14.7 Å². The van der Waals surface area contributed by atoms with E-state index in [1.807, 2.05) is 30.4 Å². The van der Waals surface area contributed by atoms with Crippen LogP contribution in [0.4, 0.5) is 5.69 Å². The molecule has 0 bridgehead atoms. The van der Waals surface area contributed by atoms with Crippen molar-refractivity contribution in [3.63, 3.8) is 0 Å². The van der Waals surface area contributed by atoms with Crippen molar-refractivity contribution >= 4 is 29.0 Å². The molecule has 0 saturated carbocycles. The number of nitrogens with zero attached hydrogens (tertiary/aromatic N) is 1. The van der Waals surface area contributed by atoms with E-state index < -0.39 is 11.9 Å². The number of phenolic OH excluding ortho intramolecular Hbond substituents is 1. The molecule has 0 aliphatic carbocycles. The molecule has 9 heteroatoms. The Labute approximate surface area is 203 Å². The Kier molecular flexibility index (Phi) is 8.29. The topological polar surface area (TPSA) is 132 Å². The zero-order chi connectivity index (χ0) is 25.4. The Bertz CT molecular complexity index is 1240. The average molecular weight is 478 g/mol. The van der Waals surface area contributed by atoms with E-state index >= 15 is 0 Å². The number of esters is 1. The number of rotatable bonds is 7. The highest BCUT2D eigenvalue weighted by molar-refractivity contribution is 6.10. The zero-order valence-electron chi connectivity index (χ0n) is 19.7. The maximum atomic E-state index is 12.7. The number of nitrogens with two attached hydrogens (primary N) is 1. The highest BCUT2D eigenvalue weighted by Gasteiger charge is 2.14. The molecule has 35 heavy (non-hydrogen) atoms. The molecule has 9 nitrogen and oxygen atoms in total. The van der Waals surface area contributed by atoms with Gasteiger partial charge in [0.05, 0.1) is 44.0 Å². The summed E-state index contributed by atoms with van der Waals surface area (Å²) in [5.74, 6) is -0.344. The first kappa shape index (κ1) is 25.1. The van der Waals surface area contributed by atoms with Gasteiger partial charge in [0.15, 0.2) is 11.5 Å². The summed E-state index contributed by atoms with van der Waals surface area (Å²) in [6, 6.07) is 9.50. The van der Waals surface area contributed by atoms with Crippen LogP contribution in [0, 0.1) is 0 Å². The molecular weight excluding hydrogens is 450 g/mol. The van der Waals surface area contributed by atoms with Crippen LogP contribution in [0.1, 0.15) is 28.8 Å². The summed E-state index contributed by atoms with van der Waals surface area (Å²) < 4.78 is 15.3. The third kappa shape index (κ3) is 6.29. The summed E-state index contributed by atoms with van der Waals surface area (Å²) in [6.07, 6.45) is 8.57. The number of phenols is 1. The van der Waals surface area contributed by atoms with Gasteiger partial charge in [0, 0.05) is 11.3 Å². The fraction of sp³-hybridized carbons (Fsp3) is 0.192. The zero-order valence-corrected chi connectivity index (χ0v) is 19.7. The summed E-state index contributed by atoms with van der Waals surface area (Å²) in [7, 11) is 4.36. The number of anilines is 1. The van der Waals surface area contributed by atoms with Gasteiger partial charge in [0.25, 0.3) is 5.91 Å². The molecule has 2 aromatic rings. The monoisotopic (exact) mass is 477 g/mol. The highest BCUT2D eigenvalue weighted by atomic mass is 16.5. The summed E-state index contributed by atoms with van der Waals surface area (Å²) >= 11 is 0. The number of methoxy groups -OCH3 is 3. The van der Waals surface area contributed by atoms with Gasteiger partial charge in [-0.15, -0.1) is 0 Å². The van der Waals surface area contributed by atoms with Crippen LogP contribution < -0.4 is 20.5 Å². The summed E-state index contributed by atoms with van der Waals surface area (Å²) in [6.45, 7) is 0. The van der Waals surface area contributed by atoms with Crippen molar-refractivity contribution < 1.29 is 28.9 Å². The lowest BCUT2D eigenvalue weighted by molar-refractivity contribution is -0.112. The van der Waals surface area contributed by atoms with E-state index in [4.69, 9.17) is 20.2 Å². The maximum absolute atomic E-state index is 12.7. The largest absolute Gasteiger partial charge is 0.506 e. The lowest BCUT2D eigenvalue weighted by atomic mass is 10.1. The van der Waals surface area contributed by atoms with Crippen molar-refractivity contribution in [2.24, 2.45) is 10.7 Å². The van der Waals surface area contributed by atoms with Gasteiger partial charge in [-0.1, -0.05) is 12.2 Å². The molecule has 1 aliphatic heterocycles. The fourth-order valence-electron chi connectivity index (χ4n) is 3.32. The molecule has 1 amide bonds. The van der Waals surface area contributed by atoms with Crippen LogP contribution in [-0.2, 0) is 9.53 Å². The Morgan fingerprint density at radius 2 is 1.86 bits per heavy atom. The second-order valence-electron chi connectivity index (χ2n) is 7.47. The molecule has 182 valence electrons. The van der Waals surface area contributed by atoms with Gasteiger partial charge in [0.1, 0.15) is 5.75 Å². The Morgan fingerprint density at radius 3 is 2.54 bits per heavy atom. The molecular formula is C26H27N3O6. The molecule has 4 N–H and O–H groups in total. The van der Waals surface area contributed by atoms with Crippen LogP contribution in [0.25, 0.3) is 5.70 Å². The van der Waals surface area contributed by atoms with Crippen LogP contribution in [0.2, 0.25) is 0 Å². The summed E-state index contributed by atoms with van der Waals surface area (Å²) in [4.78, 5) is 29.0. The minimum Gasteiger partial charge on any atom is -0.506 e. The number of aromatic hydroxyl groups is 1. The lowest BCUT2D eigenvalue weighted by Gasteiger charge is -2.12. The van der Waals surface area contributed by atoms with Crippen LogP contribution in [0.5, 0.6) is 17.2 Å². The molecule has 0 atom stereocenters. The number of amides is 1. The van der Waals surface area contributed by atoms with E-state index in [2.05, 4.69) is 10.1 Å². The van der Waals surface area contributed by atoms with Crippen LogP contribution in [0.3, 0.4) is 0 Å². The summed E-state index contributed by atoms with van der Waals surface area (Å²) in [5, 5.41) is 12.7. The minimum atomic E-state index is -0.622. The number of ether oxygens (including phenoxy) is 3. The van der Waals surface area contributed by atoms with E-state index in [-0.39, 0.29) is 22.7 Å². The Balaban J connectivity index is 1.84. The molecule has 0 radical (unpaired) electrons. The first-order valence-corrected chi connectivity index (χ1v) is 10.7. The number of nitrogens with one attached hydrogen (secondary N) is 1. The smallest absolute Gasteiger partial charge is 0.337 e. The minimum absolute atomic E-state index is 0.0867. The number of benzene rings is 2. The van der Waals surface area contributed by atoms with E-state index in [0.29, 0.717) is 29.3 Å².